The van der Waals surface area contributed by atoms with E-state index in [-0.39, 0.29) is 5.91 Å². The highest BCUT2D eigenvalue weighted by molar-refractivity contribution is 7.15. The highest BCUT2D eigenvalue weighted by Crippen LogP contribution is 2.11. The van der Waals surface area contributed by atoms with Crippen LogP contribution in [0.5, 0.6) is 0 Å². The van der Waals surface area contributed by atoms with E-state index in [0.29, 0.717) is 12.1 Å². The van der Waals surface area contributed by atoms with E-state index >= 15 is 0 Å². The lowest BCUT2D eigenvalue weighted by atomic mass is 10.3. The topological polar surface area (TPSA) is 64.2 Å². The van der Waals surface area contributed by atoms with Crippen LogP contribution in [0.1, 0.15) is 16.1 Å². The zero-order valence-corrected chi connectivity index (χ0v) is 10.5. The second-order valence-corrected chi connectivity index (χ2v) is 4.78. The van der Waals surface area contributed by atoms with Gasteiger partial charge >= 0.3 is 0 Å². The summed E-state index contributed by atoms with van der Waals surface area (Å²) in [5.74, 6) is -0.139. The number of nitrogens with zero attached hydrogens (tertiary/aromatic N) is 4. The van der Waals surface area contributed by atoms with Gasteiger partial charge in [-0.3, -0.25) is 13.9 Å². The summed E-state index contributed by atoms with van der Waals surface area (Å²) in [5, 5.41) is 8.75. The van der Waals surface area contributed by atoms with Crippen molar-refractivity contribution >= 4 is 22.2 Å². The number of rotatable bonds is 3. The van der Waals surface area contributed by atoms with Crippen LogP contribution in [0.2, 0.25) is 0 Å². The second-order valence-electron chi connectivity index (χ2n) is 3.91. The Balaban J connectivity index is 1.67. The van der Waals surface area contributed by atoms with E-state index in [4.69, 9.17) is 0 Å². The van der Waals surface area contributed by atoms with Crippen LogP contribution in [0, 0.1) is 0 Å². The molecule has 0 atom stereocenters. The molecule has 0 aliphatic carbocycles. The third-order valence-electron chi connectivity index (χ3n) is 2.54. The molecule has 0 bridgehead atoms. The van der Waals surface area contributed by atoms with Crippen LogP contribution in [0.25, 0.3) is 4.96 Å². The van der Waals surface area contributed by atoms with Crippen molar-refractivity contribution in [1.29, 1.82) is 0 Å². The zero-order chi connectivity index (χ0) is 12.5. The van der Waals surface area contributed by atoms with Crippen molar-refractivity contribution in [2.24, 2.45) is 7.05 Å². The smallest absolute Gasteiger partial charge is 0.254 e. The van der Waals surface area contributed by atoms with Crippen LogP contribution >= 0.6 is 11.3 Å². The summed E-state index contributed by atoms with van der Waals surface area (Å²) >= 11 is 1.57. The van der Waals surface area contributed by atoms with Gasteiger partial charge in [-0.2, -0.15) is 5.10 Å². The van der Waals surface area contributed by atoms with Gasteiger partial charge < -0.3 is 5.32 Å². The Hall–Kier alpha value is -2.15. The first kappa shape index (κ1) is 11.0. The molecule has 0 aromatic carbocycles. The molecule has 92 valence electrons. The highest BCUT2D eigenvalue weighted by atomic mass is 32.1. The monoisotopic (exact) mass is 261 g/mol. The van der Waals surface area contributed by atoms with E-state index in [2.05, 4.69) is 15.4 Å². The summed E-state index contributed by atoms with van der Waals surface area (Å²) in [6.45, 7) is 0.419. The largest absolute Gasteiger partial charge is 0.346 e. The Labute approximate surface area is 107 Å². The van der Waals surface area contributed by atoms with Gasteiger partial charge in [0.1, 0.15) is 0 Å². The van der Waals surface area contributed by atoms with Crippen molar-refractivity contribution in [3.63, 3.8) is 0 Å². The molecule has 1 N–H and O–H groups in total. The Morgan fingerprint density at radius 2 is 2.39 bits per heavy atom. The number of aryl methyl sites for hydroxylation is 1. The van der Waals surface area contributed by atoms with Crippen molar-refractivity contribution in [3.05, 3.63) is 41.4 Å². The number of imidazole rings is 1. The maximum absolute atomic E-state index is 11.8. The summed E-state index contributed by atoms with van der Waals surface area (Å²) in [6, 6.07) is 0. The maximum Gasteiger partial charge on any atom is 0.254 e. The molecule has 18 heavy (non-hydrogen) atoms. The molecule has 6 nitrogen and oxygen atoms in total. The lowest BCUT2D eigenvalue weighted by molar-refractivity contribution is 0.0950. The Bertz CT molecular complexity index is 666. The average Bonchev–Trinajstić information content (AvgIpc) is 3.00. The predicted octanol–water partition coefficient (Wildman–Crippen LogP) is 1.06. The van der Waals surface area contributed by atoms with Crippen molar-refractivity contribution in [1.82, 2.24) is 24.5 Å². The highest BCUT2D eigenvalue weighted by Gasteiger charge is 2.08. The predicted molar refractivity (Wildman–Crippen MR) is 67.4 cm³/mol. The molecule has 0 aliphatic rings. The van der Waals surface area contributed by atoms with Gasteiger partial charge in [0.2, 0.25) is 0 Å². The van der Waals surface area contributed by atoms with E-state index in [0.717, 1.165) is 10.7 Å². The summed E-state index contributed by atoms with van der Waals surface area (Å²) in [4.78, 5) is 17.1. The number of aromatic nitrogens is 4. The van der Waals surface area contributed by atoms with Crippen molar-refractivity contribution in [3.8, 4) is 0 Å². The number of hydrogen-bond donors (Lipinski definition) is 1. The first-order chi connectivity index (χ1) is 8.72. The molecule has 0 unspecified atom stereocenters. The Kier molecular flexibility index (Phi) is 2.60. The number of hydrogen-bond acceptors (Lipinski definition) is 4. The molecule has 0 aliphatic heterocycles. The maximum atomic E-state index is 11.8. The van der Waals surface area contributed by atoms with Gasteiger partial charge in [0.15, 0.2) is 4.96 Å². The van der Waals surface area contributed by atoms with Crippen LogP contribution < -0.4 is 5.32 Å². The third kappa shape index (κ3) is 2.00. The SMILES string of the molecule is Cn1cc(C(=O)NCc2cn3ccsc3n2)cn1. The van der Waals surface area contributed by atoms with E-state index in [1.807, 2.05) is 22.2 Å². The van der Waals surface area contributed by atoms with Gasteiger partial charge in [-0.1, -0.05) is 0 Å². The number of fused-ring (bicyclic) bond motifs is 1. The molecule has 3 aromatic heterocycles. The van der Waals surface area contributed by atoms with E-state index in [1.54, 1.807) is 35.5 Å². The summed E-state index contributed by atoms with van der Waals surface area (Å²) in [6.07, 6.45) is 7.08. The molecule has 0 radical (unpaired) electrons. The van der Waals surface area contributed by atoms with Crippen molar-refractivity contribution in [2.45, 2.75) is 6.54 Å². The minimum Gasteiger partial charge on any atom is -0.346 e. The fourth-order valence-corrected chi connectivity index (χ4v) is 2.39. The van der Waals surface area contributed by atoms with Crippen LogP contribution in [-0.4, -0.2) is 25.1 Å². The van der Waals surface area contributed by atoms with Gasteiger partial charge in [0, 0.05) is 31.0 Å². The number of nitrogens with one attached hydrogen (secondary N) is 1. The Morgan fingerprint density at radius 1 is 1.50 bits per heavy atom. The fraction of sp³-hybridized carbons (Fsp3) is 0.182. The quantitative estimate of drug-likeness (QED) is 0.766. The van der Waals surface area contributed by atoms with Crippen LogP contribution in [-0.2, 0) is 13.6 Å². The van der Waals surface area contributed by atoms with Gasteiger partial charge in [-0.05, 0) is 0 Å². The lowest BCUT2D eigenvalue weighted by Gasteiger charge is -1.99. The Morgan fingerprint density at radius 3 is 3.11 bits per heavy atom. The van der Waals surface area contributed by atoms with E-state index in [1.165, 1.54) is 0 Å². The number of carbonyl (C=O) groups excluding carboxylic acids is 1. The molecule has 3 heterocycles. The molecule has 3 aromatic rings. The van der Waals surface area contributed by atoms with Gasteiger partial charge in [-0.15, -0.1) is 11.3 Å². The average molecular weight is 261 g/mol. The molecule has 7 heteroatoms. The zero-order valence-electron chi connectivity index (χ0n) is 9.70. The van der Waals surface area contributed by atoms with Gasteiger partial charge in [-0.25, -0.2) is 4.98 Å². The first-order valence-electron chi connectivity index (χ1n) is 5.40. The number of thiazole rings is 1. The molecule has 3 rings (SSSR count). The molecule has 0 saturated carbocycles. The van der Waals surface area contributed by atoms with Gasteiger partial charge in [0.25, 0.3) is 5.91 Å². The summed E-state index contributed by atoms with van der Waals surface area (Å²) in [7, 11) is 1.78. The van der Waals surface area contributed by atoms with E-state index < -0.39 is 0 Å². The molecule has 0 spiro atoms. The standard InChI is InChI=1S/C11H11N5OS/c1-15-6-8(4-13-15)10(17)12-5-9-7-16-2-3-18-11(16)14-9/h2-4,6-7H,5H2,1H3,(H,12,17). The van der Waals surface area contributed by atoms with Crippen molar-refractivity contribution in [2.75, 3.05) is 0 Å². The van der Waals surface area contributed by atoms with E-state index in [9.17, 15) is 4.79 Å². The lowest BCUT2D eigenvalue weighted by Crippen LogP contribution is -2.22. The number of amides is 1. The van der Waals surface area contributed by atoms with Crippen LogP contribution in [0.15, 0.2) is 30.2 Å². The second kappa shape index (κ2) is 4.26. The van der Waals surface area contributed by atoms with Crippen LogP contribution in [0.3, 0.4) is 0 Å². The summed E-state index contributed by atoms with van der Waals surface area (Å²) < 4.78 is 3.54. The van der Waals surface area contributed by atoms with Gasteiger partial charge in [0.05, 0.1) is 24.0 Å². The minimum atomic E-state index is -0.139. The molecular formula is C11H11N5OS. The summed E-state index contributed by atoms with van der Waals surface area (Å²) in [5.41, 5.74) is 1.40. The molecule has 0 saturated heterocycles. The minimum absolute atomic E-state index is 0.139. The molecular weight excluding hydrogens is 250 g/mol. The molecule has 1 amide bonds. The first-order valence-corrected chi connectivity index (χ1v) is 6.28. The van der Waals surface area contributed by atoms with Crippen molar-refractivity contribution < 1.29 is 4.79 Å². The molecule has 0 fully saturated rings. The number of carbonyl (C=O) groups is 1. The normalized spacial score (nSPS) is 10.9. The van der Waals surface area contributed by atoms with Crippen LogP contribution in [0.4, 0.5) is 0 Å². The third-order valence-corrected chi connectivity index (χ3v) is 3.31. The fourth-order valence-electron chi connectivity index (χ4n) is 1.67.